The van der Waals surface area contributed by atoms with E-state index in [0.29, 0.717) is 38.4 Å². The van der Waals surface area contributed by atoms with E-state index in [2.05, 4.69) is 24.3 Å². The molecule has 3 aromatic carbocycles. The summed E-state index contributed by atoms with van der Waals surface area (Å²) in [5, 5.41) is 0. The van der Waals surface area contributed by atoms with Gasteiger partial charge in [0.2, 0.25) is 0 Å². The smallest absolute Gasteiger partial charge is 0.310 e. The van der Waals surface area contributed by atoms with E-state index in [1.54, 1.807) is 0 Å². The van der Waals surface area contributed by atoms with Crippen LogP contribution in [0, 0.1) is 0 Å². The quantitative estimate of drug-likeness (QED) is 0.372. The summed E-state index contributed by atoms with van der Waals surface area (Å²) < 4.78 is 26.4. The normalized spacial score (nSPS) is 19.7. The lowest BCUT2D eigenvalue weighted by atomic mass is 10.0. The lowest BCUT2D eigenvalue weighted by Crippen LogP contribution is -2.15. The molecule has 3 heterocycles. The van der Waals surface area contributed by atoms with Crippen molar-refractivity contribution in [3.05, 3.63) is 95.1 Å². The molecule has 176 valence electrons. The van der Waals surface area contributed by atoms with Crippen molar-refractivity contribution in [1.82, 2.24) is 0 Å². The monoisotopic (exact) mass is 460 g/mol. The van der Waals surface area contributed by atoms with Crippen molar-refractivity contribution in [2.45, 2.75) is 31.7 Å². The Kier molecular flexibility index (Phi) is 7.08. The van der Waals surface area contributed by atoms with Gasteiger partial charge in [0, 0.05) is 0 Å². The third-order valence-corrected chi connectivity index (χ3v) is 5.77. The highest BCUT2D eigenvalue weighted by atomic mass is 16.6. The summed E-state index contributed by atoms with van der Waals surface area (Å²) >= 11 is 0. The number of fused-ring (bicyclic) bond motifs is 1. The van der Waals surface area contributed by atoms with E-state index in [9.17, 15) is 4.79 Å². The summed E-state index contributed by atoms with van der Waals surface area (Å²) in [4.78, 5) is 10.8. The van der Waals surface area contributed by atoms with E-state index in [1.165, 1.54) is 11.1 Å². The maximum atomic E-state index is 10.8. The van der Waals surface area contributed by atoms with Gasteiger partial charge in [0.1, 0.15) is 43.5 Å². The largest absolute Gasteiger partial charge is 0.491 e. The number of rotatable bonds is 8. The third-order valence-electron chi connectivity index (χ3n) is 5.77. The summed E-state index contributed by atoms with van der Waals surface area (Å²) in [6, 6.07) is 24.4. The first kappa shape index (κ1) is 22.4. The minimum absolute atomic E-state index is 0.122. The molecule has 0 saturated carbocycles. The molecule has 3 aliphatic rings. The molecule has 0 amide bonds. The molecule has 3 aromatic rings. The van der Waals surface area contributed by atoms with E-state index in [4.69, 9.17) is 23.7 Å². The minimum atomic E-state index is -0.122. The SMILES string of the molecule is O=C1Cc2ccccc2CO1.c1cc(OCC2CO2)ccc1Cc1ccc(OCC2CO2)cc1. The van der Waals surface area contributed by atoms with Crippen LogP contribution in [-0.2, 0) is 38.5 Å². The summed E-state index contributed by atoms with van der Waals surface area (Å²) in [5.74, 6) is 1.68. The lowest BCUT2D eigenvalue weighted by Gasteiger charge is -2.14. The number of hydrogen-bond acceptors (Lipinski definition) is 6. The molecule has 2 saturated heterocycles. The Labute approximate surface area is 199 Å². The lowest BCUT2D eigenvalue weighted by molar-refractivity contribution is -0.145. The summed E-state index contributed by atoms with van der Waals surface area (Å²) in [5.41, 5.74) is 4.76. The van der Waals surface area contributed by atoms with Gasteiger partial charge in [-0.15, -0.1) is 0 Å². The van der Waals surface area contributed by atoms with Crippen LogP contribution in [-0.4, -0.2) is 44.6 Å². The first-order chi connectivity index (χ1) is 16.7. The fourth-order valence-corrected chi connectivity index (χ4v) is 3.59. The van der Waals surface area contributed by atoms with Gasteiger partial charge >= 0.3 is 5.97 Å². The maximum absolute atomic E-state index is 10.8. The summed E-state index contributed by atoms with van der Waals surface area (Å²) in [6.45, 7) is 3.38. The van der Waals surface area contributed by atoms with E-state index in [1.807, 2.05) is 48.5 Å². The van der Waals surface area contributed by atoms with Crippen LogP contribution < -0.4 is 9.47 Å². The number of cyclic esters (lactones) is 1. The molecule has 6 nitrogen and oxygen atoms in total. The Bertz CT molecular complexity index is 1030. The molecule has 6 rings (SSSR count). The van der Waals surface area contributed by atoms with Crippen LogP contribution in [0.5, 0.6) is 11.5 Å². The van der Waals surface area contributed by atoms with E-state index in [0.717, 1.165) is 42.3 Å². The van der Waals surface area contributed by atoms with Gasteiger partial charge in [0.25, 0.3) is 0 Å². The fraction of sp³-hybridized carbons (Fsp3) is 0.321. The molecule has 3 aliphatic heterocycles. The van der Waals surface area contributed by atoms with Gasteiger partial charge < -0.3 is 23.7 Å². The molecule has 2 unspecified atom stereocenters. The molecule has 0 bridgehead atoms. The predicted octanol–water partition coefficient (Wildman–Crippen LogP) is 4.12. The Morgan fingerprint density at radius 2 is 1.21 bits per heavy atom. The number of benzene rings is 3. The second-order valence-electron chi connectivity index (χ2n) is 8.60. The Hall–Kier alpha value is -3.35. The topological polar surface area (TPSA) is 69.8 Å². The number of ether oxygens (including phenoxy) is 5. The zero-order chi connectivity index (χ0) is 23.2. The Morgan fingerprint density at radius 1 is 0.706 bits per heavy atom. The van der Waals surface area contributed by atoms with Crippen molar-refractivity contribution in [2.75, 3.05) is 26.4 Å². The first-order valence-electron chi connectivity index (χ1n) is 11.6. The van der Waals surface area contributed by atoms with Crippen LogP contribution in [0.15, 0.2) is 72.8 Å². The van der Waals surface area contributed by atoms with Crippen molar-refractivity contribution in [3.8, 4) is 11.5 Å². The average molecular weight is 461 g/mol. The highest BCUT2D eigenvalue weighted by Gasteiger charge is 2.23. The molecule has 0 aromatic heterocycles. The molecule has 0 aliphatic carbocycles. The molecule has 34 heavy (non-hydrogen) atoms. The highest BCUT2D eigenvalue weighted by molar-refractivity contribution is 5.74. The Balaban J connectivity index is 0.000000183. The molecule has 0 spiro atoms. The summed E-state index contributed by atoms with van der Waals surface area (Å²) in [7, 11) is 0. The standard InChI is InChI=1S/C19H20O4.C9H8O2/c1-5-16(20-10-18-12-22-18)6-2-14(1)9-15-3-7-17(8-4-15)21-11-19-13-23-19;10-9-5-7-3-1-2-4-8(7)6-11-9/h1-8,18-19H,9-13H2;1-4H,5-6H2. The van der Waals surface area contributed by atoms with E-state index >= 15 is 0 Å². The van der Waals surface area contributed by atoms with Crippen molar-refractivity contribution >= 4 is 5.97 Å². The van der Waals surface area contributed by atoms with Gasteiger partial charge in [-0.3, -0.25) is 4.79 Å². The maximum Gasteiger partial charge on any atom is 0.310 e. The number of epoxide rings is 2. The highest BCUT2D eigenvalue weighted by Crippen LogP contribution is 2.20. The molecule has 0 radical (unpaired) electrons. The first-order valence-corrected chi connectivity index (χ1v) is 11.6. The second kappa shape index (κ2) is 10.7. The van der Waals surface area contributed by atoms with Gasteiger partial charge in [0.05, 0.1) is 19.6 Å². The van der Waals surface area contributed by atoms with Crippen LogP contribution in [0.4, 0.5) is 0 Å². The van der Waals surface area contributed by atoms with E-state index in [-0.39, 0.29) is 5.97 Å². The van der Waals surface area contributed by atoms with Crippen molar-refractivity contribution in [1.29, 1.82) is 0 Å². The number of carbonyl (C=O) groups is 1. The van der Waals surface area contributed by atoms with E-state index < -0.39 is 0 Å². The van der Waals surface area contributed by atoms with Crippen LogP contribution in [0.1, 0.15) is 22.3 Å². The predicted molar refractivity (Wildman–Crippen MR) is 126 cm³/mol. The molecule has 2 atom stereocenters. The fourth-order valence-electron chi connectivity index (χ4n) is 3.59. The molecule has 0 N–H and O–H groups in total. The van der Waals surface area contributed by atoms with Gasteiger partial charge in [-0.25, -0.2) is 0 Å². The van der Waals surface area contributed by atoms with Gasteiger partial charge in [-0.1, -0.05) is 48.5 Å². The number of esters is 1. The van der Waals surface area contributed by atoms with Gasteiger partial charge in [-0.05, 0) is 52.9 Å². The summed E-state index contributed by atoms with van der Waals surface area (Å²) in [6.07, 6.45) is 1.91. The number of carbonyl (C=O) groups excluding carboxylic acids is 1. The molecular weight excluding hydrogens is 432 g/mol. The van der Waals surface area contributed by atoms with Crippen molar-refractivity contribution in [2.24, 2.45) is 0 Å². The van der Waals surface area contributed by atoms with Crippen LogP contribution in [0.3, 0.4) is 0 Å². The zero-order valence-electron chi connectivity index (χ0n) is 19.0. The average Bonchev–Trinajstić information content (AvgIpc) is 3.79. The van der Waals surface area contributed by atoms with Gasteiger partial charge in [0.15, 0.2) is 0 Å². The second-order valence-corrected chi connectivity index (χ2v) is 8.60. The third kappa shape index (κ3) is 6.83. The Morgan fingerprint density at radius 3 is 1.71 bits per heavy atom. The minimum Gasteiger partial charge on any atom is -0.491 e. The van der Waals surface area contributed by atoms with Crippen molar-refractivity contribution in [3.63, 3.8) is 0 Å². The van der Waals surface area contributed by atoms with Crippen LogP contribution in [0.2, 0.25) is 0 Å². The zero-order valence-corrected chi connectivity index (χ0v) is 19.0. The van der Waals surface area contributed by atoms with Crippen LogP contribution in [0.25, 0.3) is 0 Å². The van der Waals surface area contributed by atoms with Crippen LogP contribution >= 0.6 is 0 Å². The van der Waals surface area contributed by atoms with Crippen molar-refractivity contribution < 1.29 is 28.5 Å². The molecule has 2 fully saturated rings. The molecule has 6 heteroatoms. The number of hydrogen-bond donors (Lipinski definition) is 0. The molecular formula is C28H28O6. The van der Waals surface area contributed by atoms with Gasteiger partial charge in [-0.2, -0.15) is 0 Å².